The largest absolute Gasteiger partial charge is 0.0945 e. The van der Waals surface area contributed by atoms with E-state index in [-0.39, 0.29) is 0 Å². The fourth-order valence-electron chi connectivity index (χ4n) is 5.50. The molecule has 0 bridgehead atoms. The van der Waals surface area contributed by atoms with Gasteiger partial charge in [0.25, 0.3) is 0 Å². The molecular weight excluding hydrogens is 336 g/mol. The lowest BCUT2D eigenvalue weighted by atomic mass is 9.69. The summed E-state index contributed by atoms with van der Waals surface area (Å²) < 4.78 is 0. The van der Waals surface area contributed by atoms with Gasteiger partial charge in [-0.1, -0.05) is 76.3 Å². The molecule has 0 heteroatoms. The van der Waals surface area contributed by atoms with E-state index in [0.717, 1.165) is 17.8 Å². The van der Waals surface area contributed by atoms with Crippen molar-refractivity contribution >= 4 is 0 Å². The Morgan fingerprint density at radius 1 is 0.750 bits per heavy atom. The summed E-state index contributed by atoms with van der Waals surface area (Å²) in [4.78, 5) is 0. The van der Waals surface area contributed by atoms with Crippen LogP contribution in [0.25, 0.3) is 0 Å². The van der Waals surface area contributed by atoms with Crippen LogP contribution in [0.3, 0.4) is 0 Å². The van der Waals surface area contributed by atoms with E-state index in [0.29, 0.717) is 5.92 Å². The maximum Gasteiger partial charge on any atom is 0.0245 e. The maximum atomic E-state index is 3.60. The molecule has 0 spiro atoms. The molecule has 0 saturated heterocycles. The van der Waals surface area contributed by atoms with Crippen LogP contribution in [-0.4, -0.2) is 0 Å². The first kappa shape index (κ1) is 21.5. The molecule has 154 valence electrons. The lowest BCUT2D eigenvalue weighted by molar-refractivity contribution is 0.153. The van der Waals surface area contributed by atoms with E-state index in [1.807, 2.05) is 0 Å². The van der Waals surface area contributed by atoms with Gasteiger partial charge in [-0.2, -0.15) is 0 Å². The average Bonchev–Trinajstić information content (AvgIpc) is 2.76. The molecule has 2 fully saturated rings. The van der Waals surface area contributed by atoms with Crippen molar-refractivity contribution < 1.29 is 0 Å². The van der Waals surface area contributed by atoms with Gasteiger partial charge in [-0.15, -0.1) is 0 Å². The third-order valence-electron chi connectivity index (χ3n) is 7.49. The Morgan fingerprint density at radius 2 is 1.36 bits per heavy atom. The lowest BCUT2D eigenvalue weighted by Crippen LogP contribution is -2.25. The van der Waals surface area contributed by atoms with Gasteiger partial charge in [0, 0.05) is 11.5 Å². The Kier molecular flexibility index (Phi) is 8.98. The van der Waals surface area contributed by atoms with Gasteiger partial charge in [0.05, 0.1) is 0 Å². The van der Waals surface area contributed by atoms with Crippen molar-refractivity contribution in [1.82, 2.24) is 0 Å². The minimum atomic E-state index is 0.636. The molecule has 0 unspecified atom stereocenters. The van der Waals surface area contributed by atoms with Gasteiger partial charge in [0.2, 0.25) is 0 Å². The highest BCUT2D eigenvalue weighted by atomic mass is 14.3. The van der Waals surface area contributed by atoms with Gasteiger partial charge in [-0.05, 0) is 86.8 Å². The SMILES string of the molecule is CCCCc1ccc(C#C[C@H]2CC[C@H]([C@H]3CC[C@H](CCCC)CC3)CC2)cc1. The van der Waals surface area contributed by atoms with Gasteiger partial charge >= 0.3 is 0 Å². The van der Waals surface area contributed by atoms with Gasteiger partial charge in [0.15, 0.2) is 0 Å². The Balaban J connectivity index is 1.39. The number of hydrogen-bond acceptors (Lipinski definition) is 0. The highest BCUT2D eigenvalue weighted by Crippen LogP contribution is 2.42. The predicted octanol–water partition coefficient (Wildman–Crippen LogP) is 8.18. The Labute approximate surface area is 174 Å². The predicted molar refractivity (Wildman–Crippen MR) is 122 cm³/mol. The van der Waals surface area contributed by atoms with Crippen LogP contribution < -0.4 is 0 Å². The van der Waals surface area contributed by atoms with E-state index in [4.69, 9.17) is 0 Å². The topological polar surface area (TPSA) is 0 Å². The summed E-state index contributed by atoms with van der Waals surface area (Å²) in [6.45, 7) is 4.59. The van der Waals surface area contributed by atoms with Gasteiger partial charge in [-0.25, -0.2) is 0 Å². The van der Waals surface area contributed by atoms with Crippen LogP contribution >= 0.6 is 0 Å². The highest BCUT2D eigenvalue weighted by molar-refractivity contribution is 5.36. The van der Waals surface area contributed by atoms with E-state index >= 15 is 0 Å². The van der Waals surface area contributed by atoms with Crippen LogP contribution in [0.1, 0.15) is 108 Å². The molecule has 0 aromatic heterocycles. The van der Waals surface area contributed by atoms with Crippen molar-refractivity contribution in [2.45, 2.75) is 104 Å². The van der Waals surface area contributed by atoms with Crippen molar-refractivity contribution in [3.05, 3.63) is 35.4 Å². The fourth-order valence-corrected chi connectivity index (χ4v) is 5.50. The normalized spacial score (nSPS) is 27.8. The molecule has 2 aliphatic rings. The number of unbranched alkanes of at least 4 members (excludes halogenated alkanes) is 2. The minimum absolute atomic E-state index is 0.636. The molecule has 0 heterocycles. The van der Waals surface area contributed by atoms with E-state index in [2.05, 4.69) is 50.0 Å². The van der Waals surface area contributed by atoms with Gasteiger partial charge < -0.3 is 0 Å². The van der Waals surface area contributed by atoms with Crippen molar-refractivity contribution in [2.24, 2.45) is 23.7 Å². The van der Waals surface area contributed by atoms with Gasteiger partial charge in [0.1, 0.15) is 0 Å². The molecule has 28 heavy (non-hydrogen) atoms. The highest BCUT2D eigenvalue weighted by Gasteiger charge is 2.30. The second kappa shape index (κ2) is 11.7. The zero-order valence-electron chi connectivity index (χ0n) is 18.5. The number of hydrogen-bond donors (Lipinski definition) is 0. The molecule has 0 nitrogen and oxygen atoms in total. The third kappa shape index (κ3) is 6.69. The van der Waals surface area contributed by atoms with Crippen LogP contribution in [-0.2, 0) is 6.42 Å². The van der Waals surface area contributed by atoms with E-state index < -0.39 is 0 Å². The van der Waals surface area contributed by atoms with Crippen molar-refractivity contribution in [3.8, 4) is 11.8 Å². The van der Waals surface area contributed by atoms with Crippen LogP contribution in [0.15, 0.2) is 24.3 Å². The van der Waals surface area contributed by atoms with Gasteiger partial charge in [-0.3, -0.25) is 0 Å². The second-order valence-electron chi connectivity index (χ2n) is 9.60. The summed E-state index contributed by atoms with van der Waals surface area (Å²) in [6.07, 6.45) is 19.6. The quantitative estimate of drug-likeness (QED) is 0.419. The molecule has 3 rings (SSSR count). The molecule has 0 atom stereocenters. The van der Waals surface area contributed by atoms with Crippen molar-refractivity contribution in [1.29, 1.82) is 0 Å². The number of rotatable bonds is 7. The molecule has 2 saturated carbocycles. The number of aryl methyl sites for hydroxylation is 1. The zero-order chi connectivity index (χ0) is 19.6. The van der Waals surface area contributed by atoms with Crippen LogP contribution in [0.5, 0.6) is 0 Å². The second-order valence-corrected chi connectivity index (χ2v) is 9.60. The van der Waals surface area contributed by atoms with E-state index in [1.54, 1.807) is 0 Å². The first-order chi connectivity index (χ1) is 13.8. The standard InChI is InChI=1S/C28H42/c1-3-5-7-23-9-11-25(12-10-23)13-14-26-17-21-28(22-18-26)27-19-15-24(16-20-27)8-6-4-2/h9-12,24,26-28H,3-8,15-22H2,1-2H3/t24-,26-,27-,28-. The lowest BCUT2D eigenvalue weighted by Gasteiger charge is -2.37. The molecule has 1 aromatic carbocycles. The van der Waals surface area contributed by atoms with Crippen molar-refractivity contribution in [2.75, 3.05) is 0 Å². The molecule has 0 N–H and O–H groups in total. The maximum absolute atomic E-state index is 3.60. The minimum Gasteiger partial charge on any atom is -0.0945 e. The van der Waals surface area contributed by atoms with E-state index in [9.17, 15) is 0 Å². The molecular formula is C28H42. The molecule has 0 amide bonds. The average molecular weight is 379 g/mol. The van der Waals surface area contributed by atoms with Crippen LogP contribution in [0, 0.1) is 35.5 Å². The molecule has 0 radical (unpaired) electrons. The number of benzene rings is 1. The Morgan fingerprint density at radius 3 is 1.96 bits per heavy atom. The molecule has 2 aliphatic carbocycles. The summed E-state index contributed by atoms with van der Waals surface area (Å²) in [7, 11) is 0. The molecule has 0 aliphatic heterocycles. The fraction of sp³-hybridized carbons (Fsp3) is 0.714. The summed E-state index contributed by atoms with van der Waals surface area (Å²) in [6, 6.07) is 8.99. The Bertz CT molecular complexity index is 598. The zero-order valence-corrected chi connectivity index (χ0v) is 18.5. The first-order valence-electron chi connectivity index (χ1n) is 12.4. The smallest absolute Gasteiger partial charge is 0.0245 e. The first-order valence-corrected chi connectivity index (χ1v) is 12.4. The summed E-state index contributed by atoms with van der Waals surface area (Å²) >= 11 is 0. The van der Waals surface area contributed by atoms with E-state index in [1.165, 1.54) is 101 Å². The summed E-state index contributed by atoms with van der Waals surface area (Å²) in [5.74, 6) is 10.8. The molecule has 1 aromatic rings. The van der Waals surface area contributed by atoms with Crippen LogP contribution in [0.4, 0.5) is 0 Å². The van der Waals surface area contributed by atoms with Crippen molar-refractivity contribution in [3.63, 3.8) is 0 Å². The summed E-state index contributed by atoms with van der Waals surface area (Å²) in [5.41, 5.74) is 2.66. The summed E-state index contributed by atoms with van der Waals surface area (Å²) in [5, 5.41) is 0. The Hall–Kier alpha value is -1.22. The monoisotopic (exact) mass is 378 g/mol. The van der Waals surface area contributed by atoms with Crippen LogP contribution in [0.2, 0.25) is 0 Å². The third-order valence-corrected chi connectivity index (χ3v) is 7.49.